The fourth-order valence-corrected chi connectivity index (χ4v) is 2.25. The Balaban J connectivity index is 2.20. The average molecular weight is 383 g/mol. The highest BCUT2D eigenvalue weighted by molar-refractivity contribution is 5.98. The first kappa shape index (κ1) is 20.3. The summed E-state index contributed by atoms with van der Waals surface area (Å²) in [6.07, 6.45) is 0.825. The molecule has 0 spiro atoms. The topological polar surface area (TPSA) is 128 Å². The lowest BCUT2D eigenvalue weighted by atomic mass is 10.1. The molecule has 0 aromatic heterocycles. The van der Waals surface area contributed by atoms with E-state index in [4.69, 9.17) is 4.74 Å². The van der Waals surface area contributed by atoms with Crippen molar-refractivity contribution in [2.45, 2.75) is 6.10 Å². The summed E-state index contributed by atoms with van der Waals surface area (Å²) in [6, 6.07) is 13.2. The Kier molecular flexibility index (Phi) is 6.98. The minimum absolute atomic E-state index is 0.177. The number of para-hydroxylation sites is 1. The normalized spacial score (nSPS) is 11.5. The van der Waals surface area contributed by atoms with Gasteiger partial charge in [0.2, 0.25) is 6.10 Å². The van der Waals surface area contributed by atoms with Gasteiger partial charge in [0.05, 0.1) is 10.5 Å². The average Bonchev–Trinajstić information content (AvgIpc) is 2.71. The highest BCUT2D eigenvalue weighted by Crippen LogP contribution is 2.21. The number of urea groups is 1. The summed E-state index contributed by atoms with van der Waals surface area (Å²) in [5, 5.41) is 15.3. The second-order valence-corrected chi connectivity index (χ2v) is 5.45. The van der Waals surface area contributed by atoms with Crippen molar-refractivity contribution in [2.24, 2.45) is 0 Å². The van der Waals surface area contributed by atoms with Crippen LogP contribution in [0.3, 0.4) is 0 Å². The molecular weight excluding hydrogens is 366 g/mol. The molecule has 2 aromatic rings. The van der Waals surface area contributed by atoms with E-state index in [1.165, 1.54) is 31.3 Å². The van der Waals surface area contributed by atoms with Crippen molar-refractivity contribution in [2.75, 3.05) is 7.05 Å². The van der Waals surface area contributed by atoms with Crippen LogP contribution in [-0.2, 0) is 14.3 Å². The number of benzene rings is 2. The molecular formula is C19H17N3O6. The number of amides is 3. The van der Waals surface area contributed by atoms with E-state index in [-0.39, 0.29) is 11.3 Å². The van der Waals surface area contributed by atoms with E-state index in [0.717, 1.165) is 6.08 Å². The number of hydrogen-bond acceptors (Lipinski definition) is 6. The SMILES string of the molecule is CNC(=O)NC(=O)[C@H](OC(=O)/C=C/c1ccccc1[N+](=O)[O-])c1ccccc1. The van der Waals surface area contributed by atoms with Gasteiger partial charge in [0.25, 0.3) is 11.6 Å². The lowest BCUT2D eigenvalue weighted by Gasteiger charge is -2.16. The van der Waals surface area contributed by atoms with E-state index in [0.29, 0.717) is 5.56 Å². The van der Waals surface area contributed by atoms with Gasteiger partial charge in [-0.05, 0) is 12.1 Å². The molecule has 2 N–H and O–H groups in total. The quantitative estimate of drug-likeness (QED) is 0.341. The maximum atomic E-state index is 12.3. The maximum absolute atomic E-state index is 12.3. The largest absolute Gasteiger partial charge is 0.444 e. The van der Waals surface area contributed by atoms with Gasteiger partial charge in [0.1, 0.15) is 0 Å². The zero-order valence-electron chi connectivity index (χ0n) is 14.8. The Morgan fingerprint density at radius 3 is 2.36 bits per heavy atom. The number of nitro groups is 1. The monoisotopic (exact) mass is 383 g/mol. The summed E-state index contributed by atoms with van der Waals surface area (Å²) in [5.41, 5.74) is 0.385. The van der Waals surface area contributed by atoms with Crippen LogP contribution in [0.1, 0.15) is 17.2 Å². The van der Waals surface area contributed by atoms with Crippen LogP contribution < -0.4 is 10.6 Å². The van der Waals surface area contributed by atoms with Crippen LogP contribution in [0.5, 0.6) is 0 Å². The number of imide groups is 1. The van der Waals surface area contributed by atoms with Gasteiger partial charge in [0, 0.05) is 24.8 Å². The Morgan fingerprint density at radius 1 is 1.07 bits per heavy atom. The van der Waals surface area contributed by atoms with Crippen LogP contribution in [0.15, 0.2) is 60.7 Å². The second kappa shape index (κ2) is 9.62. The molecule has 0 saturated carbocycles. The van der Waals surface area contributed by atoms with E-state index in [1.807, 2.05) is 0 Å². The molecule has 0 aliphatic rings. The van der Waals surface area contributed by atoms with Gasteiger partial charge in [-0.3, -0.25) is 20.2 Å². The van der Waals surface area contributed by atoms with Gasteiger partial charge in [-0.2, -0.15) is 0 Å². The smallest absolute Gasteiger partial charge is 0.331 e. The van der Waals surface area contributed by atoms with Crippen LogP contribution in [-0.4, -0.2) is 29.9 Å². The molecule has 28 heavy (non-hydrogen) atoms. The highest BCUT2D eigenvalue weighted by atomic mass is 16.6. The fraction of sp³-hybridized carbons (Fsp3) is 0.105. The summed E-state index contributed by atoms with van der Waals surface area (Å²) >= 11 is 0. The van der Waals surface area contributed by atoms with E-state index in [1.54, 1.807) is 36.4 Å². The molecule has 0 heterocycles. The van der Waals surface area contributed by atoms with Crippen LogP contribution in [0.2, 0.25) is 0 Å². The third-order valence-electron chi connectivity index (χ3n) is 3.57. The van der Waals surface area contributed by atoms with Crippen LogP contribution in [0, 0.1) is 10.1 Å². The number of esters is 1. The zero-order valence-corrected chi connectivity index (χ0v) is 14.8. The van der Waals surface area contributed by atoms with E-state index in [2.05, 4.69) is 10.6 Å². The molecule has 0 unspecified atom stereocenters. The van der Waals surface area contributed by atoms with Crippen molar-refractivity contribution in [3.8, 4) is 0 Å². The van der Waals surface area contributed by atoms with E-state index in [9.17, 15) is 24.5 Å². The molecule has 144 valence electrons. The predicted octanol–water partition coefficient (Wildman–Crippen LogP) is 2.35. The number of carbonyl (C=O) groups is 3. The van der Waals surface area contributed by atoms with Crippen molar-refractivity contribution in [1.82, 2.24) is 10.6 Å². The van der Waals surface area contributed by atoms with Gasteiger partial charge in [0.15, 0.2) is 0 Å². The first-order chi connectivity index (χ1) is 13.4. The Bertz CT molecular complexity index is 911. The third-order valence-corrected chi connectivity index (χ3v) is 3.57. The molecule has 0 bridgehead atoms. The van der Waals surface area contributed by atoms with Gasteiger partial charge in [-0.25, -0.2) is 9.59 Å². The van der Waals surface area contributed by atoms with Crippen molar-refractivity contribution in [3.05, 3.63) is 81.9 Å². The minimum atomic E-state index is -1.37. The number of nitrogens with zero attached hydrogens (tertiary/aromatic N) is 1. The number of nitrogens with one attached hydrogen (secondary N) is 2. The molecule has 1 atom stereocenters. The molecule has 0 fully saturated rings. The van der Waals surface area contributed by atoms with Crippen LogP contribution >= 0.6 is 0 Å². The molecule has 9 nitrogen and oxygen atoms in total. The lowest BCUT2D eigenvalue weighted by molar-refractivity contribution is -0.385. The number of rotatable bonds is 6. The summed E-state index contributed by atoms with van der Waals surface area (Å²) < 4.78 is 5.18. The van der Waals surface area contributed by atoms with Gasteiger partial charge >= 0.3 is 12.0 Å². The van der Waals surface area contributed by atoms with Crippen molar-refractivity contribution in [1.29, 1.82) is 0 Å². The lowest BCUT2D eigenvalue weighted by Crippen LogP contribution is -2.41. The van der Waals surface area contributed by atoms with Gasteiger partial charge in [-0.15, -0.1) is 0 Å². The summed E-state index contributed by atoms with van der Waals surface area (Å²) in [5.74, 6) is -1.74. The number of ether oxygens (including phenoxy) is 1. The molecule has 0 saturated heterocycles. The standard InChI is InChI=1S/C19H17N3O6/c1-20-19(25)21-18(24)17(14-8-3-2-4-9-14)28-16(23)12-11-13-7-5-6-10-15(13)22(26)27/h2-12,17H,1H3,(H2,20,21,24,25)/b12-11+/t17-/m1/s1. The Labute approximate surface area is 160 Å². The maximum Gasteiger partial charge on any atom is 0.331 e. The summed E-state index contributed by atoms with van der Waals surface area (Å²) in [7, 11) is 1.33. The zero-order chi connectivity index (χ0) is 20.5. The summed E-state index contributed by atoms with van der Waals surface area (Å²) in [4.78, 5) is 46.3. The van der Waals surface area contributed by atoms with Crippen LogP contribution in [0.25, 0.3) is 6.08 Å². The third kappa shape index (κ3) is 5.49. The number of hydrogen-bond donors (Lipinski definition) is 2. The molecule has 0 aliphatic carbocycles. The number of nitro benzene ring substituents is 1. The number of carbonyl (C=O) groups excluding carboxylic acids is 3. The molecule has 2 aromatic carbocycles. The first-order valence-electron chi connectivity index (χ1n) is 8.12. The van der Waals surface area contributed by atoms with Crippen molar-refractivity contribution >= 4 is 29.7 Å². The first-order valence-corrected chi connectivity index (χ1v) is 8.12. The summed E-state index contributed by atoms with van der Waals surface area (Å²) in [6.45, 7) is 0. The predicted molar refractivity (Wildman–Crippen MR) is 100 cm³/mol. The van der Waals surface area contributed by atoms with Gasteiger partial charge in [-0.1, -0.05) is 42.5 Å². The fourth-order valence-electron chi connectivity index (χ4n) is 2.25. The molecule has 3 amide bonds. The minimum Gasteiger partial charge on any atom is -0.444 e. The molecule has 0 radical (unpaired) electrons. The molecule has 2 rings (SSSR count). The van der Waals surface area contributed by atoms with Crippen molar-refractivity contribution < 1.29 is 24.0 Å². The molecule has 9 heteroatoms. The Hall–Kier alpha value is -4.01. The molecule has 0 aliphatic heterocycles. The van der Waals surface area contributed by atoms with Crippen molar-refractivity contribution in [3.63, 3.8) is 0 Å². The highest BCUT2D eigenvalue weighted by Gasteiger charge is 2.25. The van der Waals surface area contributed by atoms with E-state index >= 15 is 0 Å². The van der Waals surface area contributed by atoms with E-state index < -0.39 is 28.9 Å². The van der Waals surface area contributed by atoms with Crippen LogP contribution in [0.4, 0.5) is 10.5 Å². The van der Waals surface area contributed by atoms with Gasteiger partial charge < -0.3 is 10.1 Å². The Morgan fingerprint density at radius 2 is 1.71 bits per heavy atom. The second-order valence-electron chi connectivity index (χ2n) is 5.45.